The number of likely N-dealkylation sites (tertiary alicyclic amines) is 1. The van der Waals surface area contributed by atoms with Crippen molar-refractivity contribution in [1.29, 1.82) is 0 Å². The number of carbonyl (C=O) groups is 1. The van der Waals surface area contributed by atoms with Gasteiger partial charge >= 0.3 is 0 Å². The van der Waals surface area contributed by atoms with E-state index in [1.807, 2.05) is 17.8 Å². The van der Waals surface area contributed by atoms with Gasteiger partial charge in [-0.15, -0.1) is 0 Å². The second-order valence-electron chi connectivity index (χ2n) is 6.96. The second kappa shape index (κ2) is 6.81. The predicted octanol–water partition coefficient (Wildman–Crippen LogP) is -0.704. The molecule has 1 aliphatic heterocycles. The van der Waals surface area contributed by atoms with Crippen LogP contribution in [0.5, 0.6) is 0 Å². The summed E-state index contributed by atoms with van der Waals surface area (Å²) in [5.41, 5.74) is 1.15. The Morgan fingerprint density at radius 2 is 2.12 bits per heavy atom. The zero-order valence-corrected chi connectivity index (χ0v) is 14.9. The molecule has 8 nitrogen and oxygen atoms in total. The molecule has 9 heteroatoms. The molecule has 1 amide bonds. The molecular formula is C15H25N5O3S. The lowest BCUT2D eigenvalue weighted by atomic mass is 9.98. The fourth-order valence-electron chi connectivity index (χ4n) is 3.42. The maximum atomic E-state index is 12.0. The second-order valence-corrected chi connectivity index (χ2v) is 8.79. The molecule has 2 fully saturated rings. The standard InChI is InChI=1S/C15H25N5O3S/c1-19-10-16-5-12(19)7-20-8-13(11-3-4-11)14(9-20)18-15(21)6-17-24(2,22)23/h5,10-11,13-14,17H,3-4,6-9H2,1-2H3,(H,18,21)/t13-,14+/m1/s1. The number of aryl methyl sites for hydroxylation is 1. The van der Waals surface area contributed by atoms with Crippen molar-refractivity contribution in [2.45, 2.75) is 25.4 Å². The van der Waals surface area contributed by atoms with Crippen LogP contribution in [0.1, 0.15) is 18.5 Å². The van der Waals surface area contributed by atoms with Gasteiger partial charge in [0.2, 0.25) is 15.9 Å². The fourth-order valence-corrected chi connectivity index (χ4v) is 3.81. The molecule has 0 radical (unpaired) electrons. The zero-order valence-electron chi connectivity index (χ0n) is 14.1. The Bertz CT molecular complexity index is 698. The Kier molecular flexibility index (Phi) is 4.93. The van der Waals surface area contributed by atoms with E-state index >= 15 is 0 Å². The van der Waals surface area contributed by atoms with Crippen LogP contribution in [0.3, 0.4) is 0 Å². The molecule has 134 valence electrons. The van der Waals surface area contributed by atoms with E-state index in [1.54, 1.807) is 6.33 Å². The average Bonchev–Trinajstić information content (AvgIpc) is 3.15. The maximum Gasteiger partial charge on any atom is 0.235 e. The van der Waals surface area contributed by atoms with E-state index in [4.69, 9.17) is 0 Å². The minimum Gasteiger partial charge on any atom is -0.351 e. The van der Waals surface area contributed by atoms with Crippen molar-refractivity contribution in [3.05, 3.63) is 18.2 Å². The largest absolute Gasteiger partial charge is 0.351 e. The van der Waals surface area contributed by atoms with Gasteiger partial charge in [-0.05, 0) is 24.7 Å². The summed E-state index contributed by atoms with van der Waals surface area (Å²) in [5.74, 6) is 0.855. The van der Waals surface area contributed by atoms with Gasteiger partial charge in [-0.1, -0.05) is 0 Å². The van der Waals surface area contributed by atoms with Gasteiger partial charge in [0, 0.05) is 38.9 Å². The molecular weight excluding hydrogens is 330 g/mol. The van der Waals surface area contributed by atoms with Gasteiger partial charge < -0.3 is 9.88 Å². The van der Waals surface area contributed by atoms with Crippen LogP contribution in [0.25, 0.3) is 0 Å². The molecule has 1 saturated heterocycles. The molecule has 1 aliphatic carbocycles. The molecule has 1 aromatic rings. The normalized spacial score (nSPS) is 25.1. The molecule has 24 heavy (non-hydrogen) atoms. The van der Waals surface area contributed by atoms with Crippen LogP contribution in [-0.4, -0.2) is 60.7 Å². The first-order valence-corrected chi connectivity index (χ1v) is 10.1. The van der Waals surface area contributed by atoms with Crippen LogP contribution < -0.4 is 10.0 Å². The summed E-state index contributed by atoms with van der Waals surface area (Å²) in [4.78, 5) is 18.5. The lowest BCUT2D eigenvalue weighted by Crippen LogP contribution is -2.45. The summed E-state index contributed by atoms with van der Waals surface area (Å²) >= 11 is 0. The summed E-state index contributed by atoms with van der Waals surface area (Å²) in [6, 6.07) is 0.0830. The van der Waals surface area contributed by atoms with Crippen molar-refractivity contribution >= 4 is 15.9 Å². The Hall–Kier alpha value is -1.45. The van der Waals surface area contributed by atoms with Crippen LogP contribution >= 0.6 is 0 Å². The third-order valence-corrected chi connectivity index (χ3v) is 5.48. The molecule has 2 N–H and O–H groups in total. The minimum absolute atomic E-state index is 0.0830. The highest BCUT2D eigenvalue weighted by molar-refractivity contribution is 7.88. The number of rotatable bonds is 7. The SMILES string of the molecule is Cn1cncc1CN1C[C@H](NC(=O)CNS(C)(=O)=O)[C@@H](C2CC2)C1. The van der Waals surface area contributed by atoms with E-state index in [0.29, 0.717) is 11.8 Å². The first-order chi connectivity index (χ1) is 11.3. The Balaban J connectivity index is 1.57. The number of nitrogens with zero attached hydrogens (tertiary/aromatic N) is 3. The summed E-state index contributed by atoms with van der Waals surface area (Å²) in [7, 11) is -1.37. The van der Waals surface area contributed by atoms with E-state index < -0.39 is 10.0 Å². The molecule has 2 aliphatic rings. The summed E-state index contributed by atoms with van der Waals surface area (Å²) < 4.78 is 26.5. The molecule has 2 heterocycles. The highest BCUT2D eigenvalue weighted by atomic mass is 32.2. The first-order valence-electron chi connectivity index (χ1n) is 8.23. The summed E-state index contributed by atoms with van der Waals surface area (Å²) in [6.07, 6.45) is 7.16. The van der Waals surface area contributed by atoms with E-state index in [-0.39, 0.29) is 18.5 Å². The summed E-state index contributed by atoms with van der Waals surface area (Å²) in [5, 5.41) is 3.02. The number of hydrogen-bond acceptors (Lipinski definition) is 5. The van der Waals surface area contributed by atoms with Crippen LogP contribution in [-0.2, 0) is 28.4 Å². The van der Waals surface area contributed by atoms with Crippen LogP contribution in [0.2, 0.25) is 0 Å². The van der Waals surface area contributed by atoms with Crippen LogP contribution in [0, 0.1) is 11.8 Å². The minimum atomic E-state index is -3.35. The zero-order chi connectivity index (χ0) is 17.3. The van der Waals surface area contributed by atoms with Crippen molar-refractivity contribution in [3.63, 3.8) is 0 Å². The smallest absolute Gasteiger partial charge is 0.235 e. The van der Waals surface area contributed by atoms with E-state index in [9.17, 15) is 13.2 Å². The van der Waals surface area contributed by atoms with Gasteiger partial charge in [-0.3, -0.25) is 9.69 Å². The van der Waals surface area contributed by atoms with E-state index in [2.05, 4.69) is 19.9 Å². The summed E-state index contributed by atoms with van der Waals surface area (Å²) in [6.45, 7) is 2.36. The molecule has 0 spiro atoms. The molecule has 1 saturated carbocycles. The monoisotopic (exact) mass is 355 g/mol. The van der Waals surface area contributed by atoms with E-state index in [1.165, 1.54) is 12.8 Å². The van der Waals surface area contributed by atoms with Crippen LogP contribution in [0.15, 0.2) is 12.5 Å². The average molecular weight is 355 g/mol. The molecule has 0 unspecified atom stereocenters. The van der Waals surface area contributed by atoms with Crippen molar-refractivity contribution < 1.29 is 13.2 Å². The van der Waals surface area contributed by atoms with Gasteiger partial charge in [0.15, 0.2) is 0 Å². The third kappa shape index (κ3) is 4.55. The number of hydrogen-bond donors (Lipinski definition) is 2. The topological polar surface area (TPSA) is 96.3 Å². The Labute approximate surface area is 142 Å². The van der Waals surface area contributed by atoms with Gasteiger partial charge in [-0.25, -0.2) is 18.1 Å². The number of nitrogens with one attached hydrogen (secondary N) is 2. The van der Waals surface area contributed by atoms with Gasteiger partial charge in [0.05, 0.1) is 24.8 Å². The fraction of sp³-hybridized carbons (Fsp3) is 0.733. The van der Waals surface area contributed by atoms with Gasteiger partial charge in [0.1, 0.15) is 0 Å². The lowest BCUT2D eigenvalue weighted by molar-refractivity contribution is -0.120. The molecule has 2 atom stereocenters. The highest BCUT2D eigenvalue weighted by Gasteiger charge is 2.43. The predicted molar refractivity (Wildman–Crippen MR) is 89.5 cm³/mol. The Morgan fingerprint density at radius 1 is 1.38 bits per heavy atom. The van der Waals surface area contributed by atoms with Crippen molar-refractivity contribution in [2.75, 3.05) is 25.9 Å². The third-order valence-electron chi connectivity index (χ3n) is 4.81. The quantitative estimate of drug-likeness (QED) is 0.674. The molecule has 1 aromatic heterocycles. The number of aromatic nitrogens is 2. The lowest BCUT2D eigenvalue weighted by Gasteiger charge is -2.19. The van der Waals surface area contributed by atoms with Gasteiger partial charge in [-0.2, -0.15) is 0 Å². The maximum absolute atomic E-state index is 12.0. The van der Waals surface area contributed by atoms with Crippen molar-refractivity contribution in [1.82, 2.24) is 24.5 Å². The molecule has 0 aromatic carbocycles. The number of amides is 1. The number of carbonyl (C=O) groups excluding carboxylic acids is 1. The number of imidazole rings is 1. The van der Waals surface area contributed by atoms with Crippen molar-refractivity contribution in [2.24, 2.45) is 18.9 Å². The Morgan fingerprint density at radius 3 is 2.71 bits per heavy atom. The van der Waals surface area contributed by atoms with Gasteiger partial charge in [0.25, 0.3) is 0 Å². The number of sulfonamides is 1. The molecule has 0 bridgehead atoms. The van der Waals surface area contributed by atoms with E-state index in [0.717, 1.165) is 31.6 Å². The van der Waals surface area contributed by atoms with Crippen molar-refractivity contribution in [3.8, 4) is 0 Å². The highest BCUT2D eigenvalue weighted by Crippen LogP contribution is 2.41. The first kappa shape index (κ1) is 17.4. The van der Waals surface area contributed by atoms with Crippen LogP contribution in [0.4, 0.5) is 0 Å². The molecule has 3 rings (SSSR count).